The molecule has 0 bridgehead atoms. The fraction of sp³-hybridized carbons (Fsp3) is 0.381. The van der Waals surface area contributed by atoms with Crippen molar-refractivity contribution < 1.29 is 9.53 Å². The predicted octanol–water partition coefficient (Wildman–Crippen LogP) is 2.38. The van der Waals surface area contributed by atoms with E-state index in [0.29, 0.717) is 17.5 Å². The Bertz CT molecular complexity index is 1300. The van der Waals surface area contributed by atoms with Gasteiger partial charge in [0.15, 0.2) is 0 Å². The van der Waals surface area contributed by atoms with E-state index in [1.54, 1.807) is 18.7 Å². The summed E-state index contributed by atoms with van der Waals surface area (Å²) in [6, 6.07) is 6.18. The highest BCUT2D eigenvalue weighted by molar-refractivity contribution is 5.99. The van der Waals surface area contributed by atoms with Crippen molar-refractivity contribution in [2.75, 3.05) is 12.4 Å². The number of aromatic nitrogens is 6. The number of fused-ring (bicyclic) bond motifs is 2. The summed E-state index contributed by atoms with van der Waals surface area (Å²) in [5.74, 6) is 0.981. The highest BCUT2D eigenvalue weighted by Gasteiger charge is 2.41. The molecule has 0 spiro atoms. The number of nitrogens with zero attached hydrogens (tertiary/aromatic N) is 5. The van der Waals surface area contributed by atoms with E-state index in [-0.39, 0.29) is 17.5 Å². The van der Waals surface area contributed by atoms with Crippen molar-refractivity contribution in [2.45, 2.75) is 38.3 Å². The fourth-order valence-corrected chi connectivity index (χ4v) is 4.48. The molecule has 10 nitrogen and oxygen atoms in total. The number of hydrogen-bond donors (Lipinski definition) is 3. The number of amides is 1. The van der Waals surface area contributed by atoms with Crippen molar-refractivity contribution in [3.05, 3.63) is 24.4 Å². The zero-order chi connectivity index (χ0) is 21.8. The fourth-order valence-electron chi connectivity index (χ4n) is 4.48. The SMILES string of the molecule is COc1nc(NC2CC(C)(NC(C)=O)C2)nc2[nH]cc(-c3ccc4nnn(C)c4c3)c12. The minimum Gasteiger partial charge on any atom is -0.480 e. The second-order valence-electron chi connectivity index (χ2n) is 8.39. The maximum atomic E-state index is 11.4. The van der Waals surface area contributed by atoms with Crippen molar-refractivity contribution in [1.29, 1.82) is 0 Å². The van der Waals surface area contributed by atoms with Gasteiger partial charge in [0, 0.05) is 37.3 Å². The number of rotatable bonds is 5. The maximum absolute atomic E-state index is 11.4. The van der Waals surface area contributed by atoms with Gasteiger partial charge in [-0.1, -0.05) is 11.3 Å². The van der Waals surface area contributed by atoms with Crippen LogP contribution < -0.4 is 15.4 Å². The third-order valence-corrected chi connectivity index (χ3v) is 5.82. The predicted molar refractivity (Wildman–Crippen MR) is 117 cm³/mol. The molecule has 0 aliphatic heterocycles. The first-order valence-corrected chi connectivity index (χ1v) is 10.1. The highest BCUT2D eigenvalue weighted by Crippen LogP contribution is 2.37. The second kappa shape index (κ2) is 6.93. The Hall–Kier alpha value is -3.69. The summed E-state index contributed by atoms with van der Waals surface area (Å²) < 4.78 is 7.36. The molecule has 0 saturated heterocycles. The van der Waals surface area contributed by atoms with Gasteiger partial charge in [0.1, 0.15) is 11.2 Å². The van der Waals surface area contributed by atoms with Gasteiger partial charge >= 0.3 is 0 Å². The number of nitrogens with one attached hydrogen (secondary N) is 3. The summed E-state index contributed by atoms with van der Waals surface area (Å²) in [6.07, 6.45) is 3.53. The number of benzene rings is 1. The second-order valence-corrected chi connectivity index (χ2v) is 8.39. The Labute approximate surface area is 178 Å². The molecule has 0 unspecified atom stereocenters. The van der Waals surface area contributed by atoms with Crippen LogP contribution in [-0.4, -0.2) is 54.5 Å². The molecule has 160 valence electrons. The van der Waals surface area contributed by atoms with E-state index in [1.165, 1.54) is 0 Å². The lowest BCUT2D eigenvalue weighted by Gasteiger charge is -2.45. The molecule has 1 aromatic carbocycles. The van der Waals surface area contributed by atoms with Gasteiger partial charge in [-0.3, -0.25) is 4.79 Å². The van der Waals surface area contributed by atoms with Crippen LogP contribution in [0.1, 0.15) is 26.7 Å². The minimum atomic E-state index is -0.184. The van der Waals surface area contributed by atoms with Crippen LogP contribution in [0, 0.1) is 0 Å². The van der Waals surface area contributed by atoms with E-state index in [0.717, 1.165) is 40.4 Å². The minimum absolute atomic E-state index is 0.0145. The van der Waals surface area contributed by atoms with Crippen molar-refractivity contribution in [3.63, 3.8) is 0 Å². The number of methoxy groups -OCH3 is 1. The number of aromatic amines is 1. The maximum Gasteiger partial charge on any atom is 0.228 e. The molecule has 4 aromatic rings. The molecule has 1 saturated carbocycles. The van der Waals surface area contributed by atoms with Gasteiger partial charge in [-0.2, -0.15) is 9.97 Å². The van der Waals surface area contributed by atoms with Gasteiger partial charge in [-0.05, 0) is 37.5 Å². The Morgan fingerprint density at radius 1 is 1.32 bits per heavy atom. The van der Waals surface area contributed by atoms with Crippen LogP contribution in [0.4, 0.5) is 5.95 Å². The lowest BCUT2D eigenvalue weighted by molar-refractivity contribution is -0.121. The molecule has 1 aliphatic rings. The largest absolute Gasteiger partial charge is 0.480 e. The Balaban J connectivity index is 1.45. The van der Waals surface area contributed by atoms with E-state index in [1.807, 2.05) is 38.4 Å². The van der Waals surface area contributed by atoms with Gasteiger partial charge in [-0.25, -0.2) is 4.68 Å². The third kappa shape index (κ3) is 3.33. The normalized spacial score (nSPS) is 20.6. The molecular formula is C21H24N8O2. The topological polar surface area (TPSA) is 123 Å². The number of H-pyrrole nitrogens is 1. The van der Waals surface area contributed by atoms with E-state index < -0.39 is 0 Å². The van der Waals surface area contributed by atoms with E-state index in [9.17, 15) is 4.79 Å². The number of carbonyl (C=O) groups is 1. The highest BCUT2D eigenvalue weighted by atomic mass is 16.5. The van der Waals surface area contributed by atoms with Crippen molar-refractivity contribution >= 4 is 33.9 Å². The average Bonchev–Trinajstić information content (AvgIpc) is 3.29. The van der Waals surface area contributed by atoms with E-state index in [4.69, 9.17) is 4.74 Å². The zero-order valence-electron chi connectivity index (χ0n) is 17.9. The molecule has 3 N–H and O–H groups in total. The summed E-state index contributed by atoms with van der Waals surface area (Å²) in [7, 11) is 3.47. The molecule has 1 amide bonds. The van der Waals surface area contributed by atoms with Crippen molar-refractivity contribution in [3.8, 4) is 17.0 Å². The van der Waals surface area contributed by atoms with E-state index in [2.05, 4.69) is 35.9 Å². The number of ether oxygens (including phenoxy) is 1. The molecule has 0 atom stereocenters. The number of aryl methyl sites for hydroxylation is 1. The van der Waals surface area contributed by atoms with Crippen LogP contribution in [-0.2, 0) is 11.8 Å². The van der Waals surface area contributed by atoms with Crippen LogP contribution in [0.15, 0.2) is 24.4 Å². The first kappa shape index (κ1) is 19.3. The molecule has 3 aromatic heterocycles. The number of carbonyl (C=O) groups excluding carboxylic acids is 1. The van der Waals surface area contributed by atoms with Crippen LogP contribution in [0.3, 0.4) is 0 Å². The quantitative estimate of drug-likeness (QED) is 0.453. The third-order valence-electron chi connectivity index (χ3n) is 5.82. The first-order valence-electron chi connectivity index (χ1n) is 10.1. The average molecular weight is 420 g/mol. The Kier molecular flexibility index (Phi) is 4.31. The van der Waals surface area contributed by atoms with E-state index >= 15 is 0 Å². The van der Waals surface area contributed by atoms with Gasteiger partial charge in [0.25, 0.3) is 0 Å². The van der Waals surface area contributed by atoms with Crippen LogP contribution >= 0.6 is 0 Å². The first-order chi connectivity index (χ1) is 14.8. The summed E-state index contributed by atoms with van der Waals surface area (Å²) in [5, 5.41) is 15.4. The van der Waals surface area contributed by atoms with Gasteiger partial charge < -0.3 is 20.4 Å². The van der Waals surface area contributed by atoms with Gasteiger partial charge in [0.2, 0.25) is 17.7 Å². The molecular weight excluding hydrogens is 396 g/mol. The molecule has 0 radical (unpaired) electrons. The standard InChI is InChI=1S/C21H24N8O2/c1-11(30)26-21(2)8-13(9-21)23-20-24-18-17(19(25-20)31-4)14(10-22-18)12-5-6-15-16(7-12)29(3)28-27-15/h5-7,10,13H,8-9H2,1-4H3,(H,26,30)(H2,22,23,24,25). The lowest BCUT2D eigenvalue weighted by atomic mass is 9.74. The monoisotopic (exact) mass is 420 g/mol. The Morgan fingerprint density at radius 2 is 2.13 bits per heavy atom. The molecule has 3 heterocycles. The number of hydrogen-bond acceptors (Lipinski definition) is 7. The van der Waals surface area contributed by atoms with Gasteiger partial charge in [-0.15, -0.1) is 5.10 Å². The summed E-state index contributed by atoms with van der Waals surface area (Å²) in [6.45, 7) is 3.59. The van der Waals surface area contributed by atoms with Crippen LogP contribution in [0.2, 0.25) is 0 Å². The van der Waals surface area contributed by atoms with Crippen molar-refractivity contribution in [1.82, 2.24) is 35.3 Å². The Morgan fingerprint density at radius 3 is 2.87 bits per heavy atom. The van der Waals surface area contributed by atoms with Crippen LogP contribution in [0.5, 0.6) is 5.88 Å². The lowest BCUT2D eigenvalue weighted by Crippen LogP contribution is -2.59. The summed E-state index contributed by atoms with van der Waals surface area (Å²) in [5.41, 5.74) is 4.23. The molecule has 10 heteroatoms. The van der Waals surface area contributed by atoms with Crippen molar-refractivity contribution in [2.24, 2.45) is 7.05 Å². The van der Waals surface area contributed by atoms with Crippen LogP contribution in [0.25, 0.3) is 33.2 Å². The summed E-state index contributed by atoms with van der Waals surface area (Å²) in [4.78, 5) is 23.9. The summed E-state index contributed by atoms with van der Waals surface area (Å²) >= 11 is 0. The smallest absolute Gasteiger partial charge is 0.228 e. The molecule has 1 aliphatic carbocycles. The zero-order valence-corrected chi connectivity index (χ0v) is 17.9. The number of anilines is 1. The molecule has 5 rings (SSSR count). The van der Waals surface area contributed by atoms with Gasteiger partial charge in [0.05, 0.1) is 18.0 Å². The molecule has 1 fully saturated rings. The molecule has 31 heavy (non-hydrogen) atoms.